The van der Waals surface area contributed by atoms with Crippen molar-refractivity contribution in [2.45, 2.75) is 26.3 Å². The first-order valence-corrected chi connectivity index (χ1v) is 7.54. The zero-order valence-corrected chi connectivity index (χ0v) is 13.4. The zero-order chi connectivity index (χ0) is 14.0. The van der Waals surface area contributed by atoms with E-state index in [1.54, 1.807) is 0 Å². The number of aryl methyl sites for hydroxylation is 1. The molecule has 1 aliphatic rings. The number of carbonyl (C=O) groups is 1. The molecular formula is C15H21BrN2O. The van der Waals surface area contributed by atoms with E-state index >= 15 is 0 Å². The maximum absolute atomic E-state index is 12.7. The third kappa shape index (κ3) is 3.18. The van der Waals surface area contributed by atoms with E-state index < -0.39 is 0 Å². The number of halogens is 1. The number of hydrogen-bond donors (Lipinski definition) is 0. The van der Waals surface area contributed by atoms with Crippen molar-refractivity contribution in [3.05, 3.63) is 33.8 Å². The standard InChI is InChI=1S/C15H21BrN2O/c1-11-6-4-7-13(14(11)16)15(19)18-9-5-8-17(3)10-12(18)2/h4,6-7,12H,5,8-10H2,1-3H3. The first-order valence-electron chi connectivity index (χ1n) is 6.75. The van der Waals surface area contributed by atoms with E-state index in [-0.39, 0.29) is 11.9 Å². The Kier molecular flexibility index (Phi) is 4.63. The molecule has 1 saturated heterocycles. The summed E-state index contributed by atoms with van der Waals surface area (Å²) in [5.74, 6) is 0.137. The molecule has 1 heterocycles. The summed E-state index contributed by atoms with van der Waals surface area (Å²) in [6.45, 7) is 6.98. The molecule has 19 heavy (non-hydrogen) atoms. The predicted octanol–water partition coefficient (Wildman–Crippen LogP) is 2.92. The van der Waals surface area contributed by atoms with Crippen LogP contribution in [0.5, 0.6) is 0 Å². The van der Waals surface area contributed by atoms with E-state index in [0.29, 0.717) is 0 Å². The Morgan fingerprint density at radius 2 is 2.11 bits per heavy atom. The monoisotopic (exact) mass is 324 g/mol. The minimum atomic E-state index is 0.137. The van der Waals surface area contributed by atoms with Crippen LogP contribution < -0.4 is 0 Å². The highest BCUT2D eigenvalue weighted by Crippen LogP contribution is 2.24. The van der Waals surface area contributed by atoms with Crippen molar-refractivity contribution in [2.75, 3.05) is 26.7 Å². The zero-order valence-electron chi connectivity index (χ0n) is 11.8. The number of hydrogen-bond acceptors (Lipinski definition) is 2. The van der Waals surface area contributed by atoms with Gasteiger partial charge < -0.3 is 9.80 Å². The van der Waals surface area contributed by atoms with E-state index in [1.807, 2.05) is 30.0 Å². The lowest BCUT2D eigenvalue weighted by atomic mass is 10.1. The van der Waals surface area contributed by atoms with Gasteiger partial charge >= 0.3 is 0 Å². The molecule has 0 aromatic heterocycles. The third-order valence-corrected chi connectivity index (χ3v) is 4.78. The van der Waals surface area contributed by atoms with Crippen LogP contribution in [-0.4, -0.2) is 48.4 Å². The van der Waals surface area contributed by atoms with Crippen molar-refractivity contribution in [3.8, 4) is 0 Å². The van der Waals surface area contributed by atoms with Gasteiger partial charge in [0, 0.05) is 23.6 Å². The van der Waals surface area contributed by atoms with Gasteiger partial charge in [0.25, 0.3) is 5.91 Å². The van der Waals surface area contributed by atoms with Crippen LogP contribution in [0.4, 0.5) is 0 Å². The fourth-order valence-electron chi connectivity index (χ4n) is 2.64. The summed E-state index contributed by atoms with van der Waals surface area (Å²) in [7, 11) is 2.12. The van der Waals surface area contributed by atoms with Gasteiger partial charge in [-0.3, -0.25) is 4.79 Å². The van der Waals surface area contributed by atoms with Crippen molar-refractivity contribution in [1.82, 2.24) is 9.80 Å². The van der Waals surface area contributed by atoms with Crippen molar-refractivity contribution >= 4 is 21.8 Å². The van der Waals surface area contributed by atoms with Gasteiger partial charge in [-0.15, -0.1) is 0 Å². The average molecular weight is 325 g/mol. The SMILES string of the molecule is Cc1cccc(C(=O)N2CCCN(C)CC2C)c1Br. The van der Waals surface area contributed by atoms with E-state index in [1.165, 1.54) is 0 Å². The lowest BCUT2D eigenvalue weighted by molar-refractivity contribution is 0.0695. The molecular weight excluding hydrogens is 304 g/mol. The molecule has 0 aliphatic carbocycles. The molecule has 104 valence electrons. The van der Waals surface area contributed by atoms with Crippen LogP contribution in [-0.2, 0) is 0 Å². The van der Waals surface area contributed by atoms with Crippen LogP contribution in [0.15, 0.2) is 22.7 Å². The van der Waals surface area contributed by atoms with Gasteiger partial charge in [-0.2, -0.15) is 0 Å². The fraction of sp³-hybridized carbons (Fsp3) is 0.533. The summed E-state index contributed by atoms with van der Waals surface area (Å²) in [6.07, 6.45) is 1.04. The van der Waals surface area contributed by atoms with Crippen molar-refractivity contribution in [1.29, 1.82) is 0 Å². The number of benzene rings is 1. The number of likely N-dealkylation sites (N-methyl/N-ethyl adjacent to an activating group) is 1. The highest BCUT2D eigenvalue weighted by Gasteiger charge is 2.26. The highest BCUT2D eigenvalue weighted by atomic mass is 79.9. The normalized spacial score (nSPS) is 21.3. The summed E-state index contributed by atoms with van der Waals surface area (Å²) >= 11 is 3.54. The second-order valence-electron chi connectivity index (χ2n) is 5.40. The topological polar surface area (TPSA) is 23.6 Å². The summed E-state index contributed by atoms with van der Waals surface area (Å²) in [5, 5.41) is 0. The van der Waals surface area contributed by atoms with Crippen LogP contribution in [0.1, 0.15) is 29.3 Å². The Hall–Kier alpha value is -0.870. The van der Waals surface area contributed by atoms with E-state index in [0.717, 1.165) is 41.7 Å². The Morgan fingerprint density at radius 1 is 1.37 bits per heavy atom. The number of amides is 1. The van der Waals surface area contributed by atoms with Crippen LogP contribution in [0.2, 0.25) is 0 Å². The van der Waals surface area contributed by atoms with Crippen LogP contribution >= 0.6 is 15.9 Å². The van der Waals surface area contributed by atoms with Crippen LogP contribution in [0.25, 0.3) is 0 Å². The minimum absolute atomic E-state index is 0.137. The quantitative estimate of drug-likeness (QED) is 0.793. The van der Waals surface area contributed by atoms with Crippen molar-refractivity contribution < 1.29 is 4.79 Å². The summed E-state index contributed by atoms with van der Waals surface area (Å²) in [6, 6.07) is 6.12. The van der Waals surface area contributed by atoms with Gasteiger partial charge in [0.05, 0.1) is 5.56 Å². The third-order valence-electron chi connectivity index (χ3n) is 3.73. The van der Waals surface area contributed by atoms with Crippen molar-refractivity contribution in [2.24, 2.45) is 0 Å². The lowest BCUT2D eigenvalue weighted by Crippen LogP contribution is -2.42. The molecule has 3 nitrogen and oxygen atoms in total. The predicted molar refractivity (Wildman–Crippen MR) is 81.5 cm³/mol. The average Bonchev–Trinajstić information content (AvgIpc) is 2.53. The van der Waals surface area contributed by atoms with Crippen molar-refractivity contribution in [3.63, 3.8) is 0 Å². The molecule has 4 heteroatoms. The highest BCUT2D eigenvalue weighted by molar-refractivity contribution is 9.10. The second kappa shape index (κ2) is 6.06. The first kappa shape index (κ1) is 14.5. The summed E-state index contributed by atoms with van der Waals surface area (Å²) in [4.78, 5) is 17.0. The summed E-state index contributed by atoms with van der Waals surface area (Å²) < 4.78 is 0.921. The summed E-state index contributed by atoms with van der Waals surface area (Å²) in [5.41, 5.74) is 1.88. The fourth-order valence-corrected chi connectivity index (χ4v) is 3.08. The lowest BCUT2D eigenvalue weighted by Gasteiger charge is -2.28. The van der Waals surface area contributed by atoms with Gasteiger partial charge in [-0.1, -0.05) is 12.1 Å². The molecule has 0 radical (unpaired) electrons. The minimum Gasteiger partial charge on any atom is -0.335 e. The van der Waals surface area contributed by atoms with Gasteiger partial charge in [-0.05, 0) is 61.4 Å². The Bertz CT molecular complexity index is 475. The van der Waals surface area contributed by atoms with Crippen LogP contribution in [0, 0.1) is 6.92 Å². The number of rotatable bonds is 1. The Balaban J connectivity index is 2.25. The van der Waals surface area contributed by atoms with Gasteiger partial charge in [0.2, 0.25) is 0 Å². The molecule has 1 aromatic carbocycles. The van der Waals surface area contributed by atoms with Gasteiger partial charge in [0.1, 0.15) is 0 Å². The largest absolute Gasteiger partial charge is 0.335 e. The molecule has 1 atom stereocenters. The Labute approximate surface area is 123 Å². The Morgan fingerprint density at radius 3 is 2.84 bits per heavy atom. The molecule has 0 spiro atoms. The van der Waals surface area contributed by atoms with Gasteiger partial charge in [-0.25, -0.2) is 0 Å². The molecule has 1 aliphatic heterocycles. The maximum atomic E-state index is 12.7. The first-order chi connectivity index (χ1) is 9.00. The number of carbonyl (C=O) groups excluding carboxylic acids is 1. The molecule has 0 bridgehead atoms. The number of nitrogens with zero attached hydrogens (tertiary/aromatic N) is 2. The van der Waals surface area contributed by atoms with E-state index in [2.05, 4.69) is 34.8 Å². The maximum Gasteiger partial charge on any atom is 0.255 e. The molecule has 1 fully saturated rings. The molecule has 0 N–H and O–H groups in total. The molecule has 1 aromatic rings. The second-order valence-corrected chi connectivity index (χ2v) is 6.19. The van der Waals surface area contributed by atoms with Crippen LogP contribution in [0.3, 0.4) is 0 Å². The molecule has 0 saturated carbocycles. The molecule has 1 amide bonds. The molecule has 2 rings (SSSR count). The van der Waals surface area contributed by atoms with Gasteiger partial charge in [0.15, 0.2) is 0 Å². The van der Waals surface area contributed by atoms with E-state index in [9.17, 15) is 4.79 Å². The molecule has 1 unspecified atom stereocenters. The van der Waals surface area contributed by atoms with E-state index in [4.69, 9.17) is 0 Å². The smallest absolute Gasteiger partial charge is 0.255 e.